The maximum absolute atomic E-state index is 13.2. The maximum Gasteiger partial charge on any atom is 0.123 e. The Labute approximate surface area is 115 Å². The Balaban J connectivity index is 2.12. The van der Waals surface area contributed by atoms with E-state index in [2.05, 4.69) is 9.97 Å². The zero-order valence-electron chi connectivity index (χ0n) is 10.9. The van der Waals surface area contributed by atoms with Gasteiger partial charge in [0, 0.05) is 11.8 Å². The number of hydrogen-bond acceptors (Lipinski definition) is 3. The van der Waals surface area contributed by atoms with Gasteiger partial charge in [-0.05, 0) is 42.8 Å². The third kappa shape index (κ3) is 2.14. The van der Waals surface area contributed by atoms with E-state index in [4.69, 9.17) is 5.73 Å². The molecule has 0 saturated heterocycles. The molecule has 2 N–H and O–H groups in total. The van der Waals surface area contributed by atoms with Crippen molar-refractivity contribution in [1.29, 1.82) is 0 Å². The normalized spacial score (nSPS) is 10.7. The molecule has 0 spiro atoms. The molecule has 1 aromatic carbocycles. The summed E-state index contributed by atoms with van der Waals surface area (Å²) in [5.74, 6) is 0.222. The Hall–Kier alpha value is -2.69. The van der Waals surface area contributed by atoms with E-state index in [1.807, 2.05) is 17.6 Å². The van der Waals surface area contributed by atoms with Gasteiger partial charge < -0.3 is 5.73 Å². The summed E-state index contributed by atoms with van der Waals surface area (Å²) in [6.07, 6.45) is 5.14. The van der Waals surface area contributed by atoms with Crippen molar-refractivity contribution in [1.82, 2.24) is 14.5 Å². The highest BCUT2D eigenvalue weighted by Crippen LogP contribution is 2.24. The average Bonchev–Trinajstić information content (AvgIpc) is 2.88. The second kappa shape index (κ2) is 4.77. The molecule has 2 aromatic heterocycles. The van der Waals surface area contributed by atoms with Gasteiger partial charge in [0.25, 0.3) is 0 Å². The van der Waals surface area contributed by atoms with Gasteiger partial charge in [-0.25, -0.2) is 14.4 Å². The van der Waals surface area contributed by atoms with Crippen molar-refractivity contribution in [3.8, 4) is 16.9 Å². The Kier molecular flexibility index (Phi) is 2.95. The first kappa shape index (κ1) is 12.3. The molecule has 2 heterocycles. The minimum Gasteiger partial charge on any atom is -0.384 e. The standard InChI is InChI=1S/C15H13FN4/c1-10-6-12(16)3-4-13(10)20-9-18-8-14(20)11-2-5-15(17)19-7-11/h2-9H,1H3,(H2,17,19). The third-order valence-electron chi connectivity index (χ3n) is 3.14. The number of aryl methyl sites for hydroxylation is 1. The van der Waals surface area contributed by atoms with Crippen LogP contribution in [0.15, 0.2) is 49.1 Å². The summed E-state index contributed by atoms with van der Waals surface area (Å²) in [7, 11) is 0. The van der Waals surface area contributed by atoms with Crippen molar-refractivity contribution in [3.05, 3.63) is 60.4 Å². The fourth-order valence-corrected chi connectivity index (χ4v) is 2.15. The summed E-state index contributed by atoms with van der Waals surface area (Å²) < 4.78 is 15.1. The number of nitrogens with two attached hydrogens (primary N) is 1. The maximum atomic E-state index is 13.2. The molecule has 0 unspecified atom stereocenters. The van der Waals surface area contributed by atoms with E-state index in [1.165, 1.54) is 12.1 Å². The Bertz CT molecular complexity index is 747. The molecule has 0 bridgehead atoms. The van der Waals surface area contributed by atoms with Crippen LogP contribution in [0, 0.1) is 12.7 Å². The number of aromatic nitrogens is 3. The molecular weight excluding hydrogens is 255 g/mol. The van der Waals surface area contributed by atoms with Gasteiger partial charge in [-0.15, -0.1) is 0 Å². The minimum atomic E-state index is -0.248. The third-order valence-corrected chi connectivity index (χ3v) is 3.14. The Morgan fingerprint density at radius 1 is 1.15 bits per heavy atom. The van der Waals surface area contributed by atoms with E-state index in [0.717, 1.165) is 22.5 Å². The van der Waals surface area contributed by atoms with Crippen LogP contribution in [0.25, 0.3) is 16.9 Å². The average molecular weight is 268 g/mol. The van der Waals surface area contributed by atoms with Gasteiger partial charge in [0.2, 0.25) is 0 Å². The summed E-state index contributed by atoms with van der Waals surface area (Å²) in [4.78, 5) is 8.25. The van der Waals surface area contributed by atoms with Crippen molar-refractivity contribution < 1.29 is 4.39 Å². The molecule has 100 valence electrons. The van der Waals surface area contributed by atoms with Gasteiger partial charge in [-0.2, -0.15) is 0 Å². The Morgan fingerprint density at radius 3 is 2.70 bits per heavy atom. The second-order valence-electron chi connectivity index (χ2n) is 4.55. The van der Waals surface area contributed by atoms with Gasteiger partial charge in [0.05, 0.1) is 23.9 Å². The SMILES string of the molecule is Cc1cc(F)ccc1-n1cncc1-c1ccc(N)nc1. The highest BCUT2D eigenvalue weighted by molar-refractivity contribution is 5.62. The van der Waals surface area contributed by atoms with Crippen LogP contribution in [0.5, 0.6) is 0 Å². The molecule has 0 amide bonds. The zero-order valence-corrected chi connectivity index (χ0v) is 10.9. The molecule has 0 saturated carbocycles. The van der Waals surface area contributed by atoms with E-state index >= 15 is 0 Å². The predicted molar refractivity (Wildman–Crippen MR) is 75.9 cm³/mol. The van der Waals surface area contributed by atoms with Crippen LogP contribution in [0.2, 0.25) is 0 Å². The van der Waals surface area contributed by atoms with Crippen molar-refractivity contribution in [3.63, 3.8) is 0 Å². The quantitative estimate of drug-likeness (QED) is 0.777. The first-order valence-corrected chi connectivity index (χ1v) is 6.16. The van der Waals surface area contributed by atoms with Crippen LogP contribution in [-0.2, 0) is 0 Å². The molecular formula is C15H13FN4. The van der Waals surface area contributed by atoms with Gasteiger partial charge in [-0.3, -0.25) is 4.57 Å². The van der Waals surface area contributed by atoms with Crippen molar-refractivity contribution >= 4 is 5.82 Å². The monoisotopic (exact) mass is 268 g/mol. The fourth-order valence-electron chi connectivity index (χ4n) is 2.15. The topological polar surface area (TPSA) is 56.7 Å². The molecule has 5 heteroatoms. The number of rotatable bonds is 2. The summed E-state index contributed by atoms with van der Waals surface area (Å²) >= 11 is 0. The van der Waals surface area contributed by atoms with Crippen molar-refractivity contribution in [2.75, 3.05) is 5.73 Å². The predicted octanol–water partition coefficient (Wildman–Crippen LogP) is 2.96. The van der Waals surface area contributed by atoms with Crippen LogP contribution in [0.1, 0.15) is 5.56 Å². The largest absolute Gasteiger partial charge is 0.384 e. The number of nitrogens with zero attached hydrogens (tertiary/aromatic N) is 3. The smallest absolute Gasteiger partial charge is 0.123 e. The second-order valence-corrected chi connectivity index (χ2v) is 4.55. The molecule has 3 aromatic rings. The van der Waals surface area contributed by atoms with Gasteiger partial charge >= 0.3 is 0 Å². The van der Waals surface area contributed by atoms with Crippen LogP contribution in [0.3, 0.4) is 0 Å². The van der Waals surface area contributed by atoms with Gasteiger partial charge in [0.15, 0.2) is 0 Å². The van der Waals surface area contributed by atoms with E-state index in [0.29, 0.717) is 5.82 Å². The molecule has 4 nitrogen and oxygen atoms in total. The first-order valence-electron chi connectivity index (χ1n) is 6.16. The number of halogens is 1. The fraction of sp³-hybridized carbons (Fsp3) is 0.0667. The van der Waals surface area contributed by atoms with Crippen LogP contribution < -0.4 is 5.73 Å². The molecule has 3 rings (SSSR count). The van der Waals surface area contributed by atoms with Crippen molar-refractivity contribution in [2.24, 2.45) is 0 Å². The number of pyridine rings is 1. The first-order chi connectivity index (χ1) is 9.65. The van der Waals surface area contributed by atoms with Crippen molar-refractivity contribution in [2.45, 2.75) is 6.92 Å². The number of imidazole rings is 1. The Morgan fingerprint density at radius 2 is 2.00 bits per heavy atom. The van der Waals surface area contributed by atoms with E-state index < -0.39 is 0 Å². The molecule has 0 radical (unpaired) electrons. The lowest BCUT2D eigenvalue weighted by Gasteiger charge is -2.11. The lowest BCUT2D eigenvalue weighted by atomic mass is 10.1. The van der Waals surface area contributed by atoms with E-state index in [9.17, 15) is 4.39 Å². The molecule has 0 atom stereocenters. The summed E-state index contributed by atoms with van der Waals surface area (Å²) in [5.41, 5.74) is 9.10. The highest BCUT2D eigenvalue weighted by atomic mass is 19.1. The summed E-state index contributed by atoms with van der Waals surface area (Å²) in [5, 5.41) is 0. The summed E-state index contributed by atoms with van der Waals surface area (Å²) in [6, 6.07) is 8.30. The molecule has 0 aliphatic rings. The number of anilines is 1. The highest BCUT2D eigenvalue weighted by Gasteiger charge is 2.09. The molecule has 0 aliphatic carbocycles. The van der Waals surface area contributed by atoms with Gasteiger partial charge in [-0.1, -0.05) is 0 Å². The molecule has 0 aliphatic heterocycles. The number of benzene rings is 1. The number of nitrogen functional groups attached to an aromatic ring is 1. The van der Waals surface area contributed by atoms with Crippen LogP contribution >= 0.6 is 0 Å². The molecule has 0 fully saturated rings. The lowest BCUT2D eigenvalue weighted by Crippen LogP contribution is -1.99. The van der Waals surface area contributed by atoms with Gasteiger partial charge in [0.1, 0.15) is 11.6 Å². The zero-order chi connectivity index (χ0) is 14.1. The molecule has 20 heavy (non-hydrogen) atoms. The lowest BCUT2D eigenvalue weighted by molar-refractivity contribution is 0.626. The minimum absolute atomic E-state index is 0.248. The summed E-state index contributed by atoms with van der Waals surface area (Å²) in [6.45, 7) is 1.86. The van der Waals surface area contributed by atoms with E-state index in [-0.39, 0.29) is 5.82 Å². The van der Waals surface area contributed by atoms with Crippen LogP contribution in [0.4, 0.5) is 10.2 Å². The number of hydrogen-bond donors (Lipinski definition) is 1. The van der Waals surface area contributed by atoms with Crippen LogP contribution in [-0.4, -0.2) is 14.5 Å². The van der Waals surface area contributed by atoms with E-state index in [1.54, 1.807) is 30.9 Å².